The van der Waals surface area contributed by atoms with Crippen molar-refractivity contribution in [3.8, 4) is 5.75 Å². The summed E-state index contributed by atoms with van der Waals surface area (Å²) in [7, 11) is 1.63. The van der Waals surface area contributed by atoms with E-state index >= 15 is 0 Å². The number of rotatable bonds is 6. The highest BCUT2D eigenvalue weighted by Crippen LogP contribution is 2.40. The van der Waals surface area contributed by atoms with Crippen molar-refractivity contribution in [1.29, 1.82) is 0 Å². The van der Waals surface area contributed by atoms with Crippen molar-refractivity contribution in [3.63, 3.8) is 0 Å². The number of carbonyl (C=O) groups excluding carboxylic acids is 1. The SMILES string of the molecule is COc1ccc(NC(=O)N2CC(CNC3CC3c3ccccc3)C2)cc1. The fourth-order valence-corrected chi connectivity index (χ4v) is 3.55. The lowest BCUT2D eigenvalue weighted by Crippen LogP contribution is -2.54. The third-order valence-electron chi connectivity index (χ3n) is 5.27. The van der Waals surface area contributed by atoms with E-state index in [-0.39, 0.29) is 6.03 Å². The standard InChI is InChI=1S/C21H25N3O2/c1-26-18-9-7-17(8-10-18)23-21(25)24-13-15(14-24)12-22-20-11-19(20)16-5-3-2-4-6-16/h2-10,15,19-20,22H,11-14H2,1H3,(H,23,25). The molecule has 1 aliphatic heterocycles. The first-order valence-electron chi connectivity index (χ1n) is 9.21. The van der Waals surface area contributed by atoms with Crippen molar-refractivity contribution in [1.82, 2.24) is 10.2 Å². The lowest BCUT2D eigenvalue weighted by Gasteiger charge is -2.39. The summed E-state index contributed by atoms with van der Waals surface area (Å²) in [6.07, 6.45) is 1.22. The van der Waals surface area contributed by atoms with Crippen molar-refractivity contribution in [2.24, 2.45) is 5.92 Å². The van der Waals surface area contributed by atoms with Crippen LogP contribution in [0.1, 0.15) is 17.9 Å². The van der Waals surface area contributed by atoms with Crippen LogP contribution in [-0.4, -0.2) is 43.7 Å². The smallest absolute Gasteiger partial charge is 0.321 e. The van der Waals surface area contributed by atoms with Crippen molar-refractivity contribution in [2.75, 3.05) is 32.1 Å². The molecule has 0 aromatic heterocycles. The summed E-state index contributed by atoms with van der Waals surface area (Å²) < 4.78 is 5.12. The van der Waals surface area contributed by atoms with Gasteiger partial charge < -0.3 is 20.3 Å². The largest absolute Gasteiger partial charge is 0.497 e. The molecule has 0 bridgehead atoms. The van der Waals surface area contributed by atoms with Crippen LogP contribution in [0.3, 0.4) is 0 Å². The molecule has 1 heterocycles. The molecule has 2 atom stereocenters. The van der Waals surface area contributed by atoms with Gasteiger partial charge in [-0.2, -0.15) is 0 Å². The number of hydrogen-bond donors (Lipinski definition) is 2. The molecule has 0 radical (unpaired) electrons. The lowest BCUT2D eigenvalue weighted by molar-refractivity contribution is 0.129. The fraction of sp³-hybridized carbons (Fsp3) is 0.381. The maximum Gasteiger partial charge on any atom is 0.321 e. The summed E-state index contributed by atoms with van der Waals surface area (Å²) in [6, 6.07) is 18.7. The molecule has 1 saturated carbocycles. The second kappa shape index (κ2) is 7.38. The highest BCUT2D eigenvalue weighted by Gasteiger charge is 2.39. The minimum absolute atomic E-state index is 0.0278. The van der Waals surface area contributed by atoms with E-state index in [1.807, 2.05) is 29.2 Å². The molecule has 5 nitrogen and oxygen atoms in total. The number of likely N-dealkylation sites (tertiary alicyclic amines) is 1. The monoisotopic (exact) mass is 351 g/mol. The molecular weight excluding hydrogens is 326 g/mol. The molecule has 2 aliphatic rings. The molecule has 2 N–H and O–H groups in total. The van der Waals surface area contributed by atoms with Crippen molar-refractivity contribution < 1.29 is 9.53 Å². The van der Waals surface area contributed by atoms with E-state index in [4.69, 9.17) is 4.74 Å². The van der Waals surface area contributed by atoms with E-state index in [0.29, 0.717) is 17.9 Å². The van der Waals surface area contributed by atoms with Crippen LogP contribution < -0.4 is 15.4 Å². The second-order valence-electron chi connectivity index (χ2n) is 7.20. The molecule has 2 aromatic rings. The van der Waals surface area contributed by atoms with Gasteiger partial charge in [-0.15, -0.1) is 0 Å². The molecule has 5 heteroatoms. The van der Waals surface area contributed by atoms with E-state index in [2.05, 4.69) is 41.0 Å². The van der Waals surface area contributed by atoms with Crippen LogP contribution in [-0.2, 0) is 0 Å². The molecule has 0 spiro atoms. The molecule has 1 saturated heterocycles. The Balaban J connectivity index is 1.16. The van der Waals surface area contributed by atoms with Crippen LogP contribution in [0, 0.1) is 5.92 Å². The Hall–Kier alpha value is -2.53. The zero-order valence-electron chi connectivity index (χ0n) is 15.0. The van der Waals surface area contributed by atoms with Gasteiger partial charge in [0.15, 0.2) is 0 Å². The quantitative estimate of drug-likeness (QED) is 0.840. The molecule has 1 aliphatic carbocycles. The van der Waals surface area contributed by atoms with Gasteiger partial charge in [-0.3, -0.25) is 0 Å². The number of methoxy groups -OCH3 is 1. The Morgan fingerprint density at radius 2 is 1.85 bits per heavy atom. The number of amides is 2. The first-order chi connectivity index (χ1) is 12.7. The molecule has 2 unspecified atom stereocenters. The Kier molecular flexibility index (Phi) is 4.80. The van der Waals surface area contributed by atoms with Crippen LogP contribution in [0.25, 0.3) is 0 Å². The third kappa shape index (κ3) is 3.83. The van der Waals surface area contributed by atoms with Gasteiger partial charge in [-0.1, -0.05) is 30.3 Å². The highest BCUT2D eigenvalue weighted by atomic mass is 16.5. The number of hydrogen-bond acceptors (Lipinski definition) is 3. The topological polar surface area (TPSA) is 53.6 Å². The van der Waals surface area contributed by atoms with Crippen molar-refractivity contribution in [3.05, 3.63) is 60.2 Å². The average molecular weight is 351 g/mol. The van der Waals surface area contributed by atoms with E-state index < -0.39 is 0 Å². The minimum Gasteiger partial charge on any atom is -0.497 e. The Morgan fingerprint density at radius 1 is 1.12 bits per heavy atom. The summed E-state index contributed by atoms with van der Waals surface area (Å²) in [5, 5.41) is 6.59. The van der Waals surface area contributed by atoms with Crippen molar-refractivity contribution >= 4 is 11.7 Å². The first kappa shape index (κ1) is 16.9. The number of urea groups is 1. The van der Waals surface area contributed by atoms with E-state index in [1.165, 1.54) is 12.0 Å². The van der Waals surface area contributed by atoms with E-state index in [9.17, 15) is 4.79 Å². The van der Waals surface area contributed by atoms with Crippen LogP contribution >= 0.6 is 0 Å². The molecule has 2 fully saturated rings. The van der Waals surface area contributed by atoms with Crippen LogP contribution in [0.5, 0.6) is 5.75 Å². The van der Waals surface area contributed by atoms with Gasteiger partial charge >= 0.3 is 6.03 Å². The predicted octanol–water partition coefficient (Wildman–Crippen LogP) is 3.30. The predicted molar refractivity (Wildman–Crippen MR) is 103 cm³/mol. The Labute approximate surface area is 154 Å². The number of carbonyl (C=O) groups is 1. The van der Waals surface area contributed by atoms with Gasteiger partial charge in [0.2, 0.25) is 0 Å². The molecule has 4 rings (SSSR count). The van der Waals surface area contributed by atoms with E-state index in [1.54, 1.807) is 7.11 Å². The van der Waals surface area contributed by atoms with Crippen molar-refractivity contribution in [2.45, 2.75) is 18.4 Å². The number of nitrogens with one attached hydrogen (secondary N) is 2. The number of ether oxygens (including phenoxy) is 1. The fourth-order valence-electron chi connectivity index (χ4n) is 3.55. The summed E-state index contributed by atoms with van der Waals surface area (Å²) in [5.74, 6) is 1.99. The van der Waals surface area contributed by atoms with Crippen LogP contribution in [0.2, 0.25) is 0 Å². The molecular formula is C21H25N3O2. The van der Waals surface area contributed by atoms with Crippen LogP contribution in [0.15, 0.2) is 54.6 Å². The van der Waals surface area contributed by atoms with Crippen LogP contribution in [0.4, 0.5) is 10.5 Å². The maximum absolute atomic E-state index is 12.2. The van der Waals surface area contributed by atoms with Gasteiger partial charge in [0, 0.05) is 43.2 Å². The maximum atomic E-state index is 12.2. The highest BCUT2D eigenvalue weighted by molar-refractivity contribution is 5.89. The second-order valence-corrected chi connectivity index (χ2v) is 7.20. The van der Waals surface area contributed by atoms with Gasteiger partial charge in [0.1, 0.15) is 5.75 Å². The number of anilines is 1. The normalized spacial score (nSPS) is 21.8. The third-order valence-corrected chi connectivity index (χ3v) is 5.27. The first-order valence-corrected chi connectivity index (χ1v) is 9.21. The summed E-state index contributed by atoms with van der Waals surface area (Å²) in [5.41, 5.74) is 2.22. The van der Waals surface area contributed by atoms with Gasteiger partial charge in [-0.05, 0) is 36.2 Å². The summed E-state index contributed by atoms with van der Waals surface area (Å²) >= 11 is 0. The zero-order chi connectivity index (χ0) is 17.9. The summed E-state index contributed by atoms with van der Waals surface area (Å²) in [6.45, 7) is 2.62. The van der Waals surface area contributed by atoms with Gasteiger partial charge in [-0.25, -0.2) is 4.79 Å². The number of benzene rings is 2. The van der Waals surface area contributed by atoms with Gasteiger partial charge in [0.05, 0.1) is 7.11 Å². The van der Waals surface area contributed by atoms with E-state index in [0.717, 1.165) is 31.1 Å². The molecule has 2 amide bonds. The molecule has 2 aromatic carbocycles. The Morgan fingerprint density at radius 3 is 2.54 bits per heavy atom. The molecule has 26 heavy (non-hydrogen) atoms. The average Bonchev–Trinajstić information content (AvgIpc) is 3.41. The van der Waals surface area contributed by atoms with Gasteiger partial charge in [0.25, 0.3) is 0 Å². The Bertz CT molecular complexity index is 742. The summed E-state index contributed by atoms with van der Waals surface area (Å²) in [4.78, 5) is 14.1. The zero-order valence-corrected chi connectivity index (χ0v) is 15.0. The number of nitrogens with zero attached hydrogens (tertiary/aromatic N) is 1. The molecule has 136 valence electrons. The minimum atomic E-state index is -0.0278. The lowest BCUT2D eigenvalue weighted by atomic mass is 10.0.